The van der Waals surface area contributed by atoms with E-state index >= 15 is 0 Å². The van der Waals surface area contributed by atoms with Gasteiger partial charge in [0.2, 0.25) is 10.0 Å². The van der Waals surface area contributed by atoms with Gasteiger partial charge in [0.1, 0.15) is 5.75 Å². The van der Waals surface area contributed by atoms with Gasteiger partial charge in [0, 0.05) is 18.1 Å². The molecule has 0 aromatic heterocycles. The number of carbonyl (C=O) groups is 1. The second kappa shape index (κ2) is 8.23. The van der Waals surface area contributed by atoms with E-state index in [4.69, 9.17) is 16.3 Å². The summed E-state index contributed by atoms with van der Waals surface area (Å²) in [4.78, 5) is 12.8. The van der Waals surface area contributed by atoms with Gasteiger partial charge in [0.05, 0.1) is 10.8 Å². The van der Waals surface area contributed by atoms with Crippen LogP contribution in [0.1, 0.15) is 29.5 Å². The van der Waals surface area contributed by atoms with Crippen LogP contribution in [0.5, 0.6) is 5.75 Å². The fourth-order valence-corrected chi connectivity index (χ4v) is 5.06. The van der Waals surface area contributed by atoms with Gasteiger partial charge in [-0.25, -0.2) is 8.42 Å². The number of rotatable bonds is 4. The summed E-state index contributed by atoms with van der Waals surface area (Å²) in [6, 6.07) is 10.3. The molecule has 1 aliphatic heterocycles. The van der Waals surface area contributed by atoms with Crippen LogP contribution in [-0.2, 0) is 14.8 Å². The number of esters is 1. The molecular weight excluding hydrogens is 398 g/mol. The Morgan fingerprint density at radius 2 is 1.68 bits per heavy atom. The van der Waals surface area contributed by atoms with Gasteiger partial charge in [-0.2, -0.15) is 4.31 Å². The van der Waals surface area contributed by atoms with Crippen LogP contribution in [0.2, 0.25) is 5.02 Å². The van der Waals surface area contributed by atoms with E-state index in [1.807, 2.05) is 26.8 Å². The minimum Gasteiger partial charge on any atom is -0.426 e. The number of aryl methyl sites for hydroxylation is 3. The van der Waals surface area contributed by atoms with Gasteiger partial charge in [-0.1, -0.05) is 17.7 Å². The summed E-state index contributed by atoms with van der Waals surface area (Å²) in [5, 5.41) is 0.585. The van der Waals surface area contributed by atoms with Gasteiger partial charge in [-0.05, 0) is 80.6 Å². The van der Waals surface area contributed by atoms with Crippen molar-refractivity contribution in [2.45, 2.75) is 38.5 Å². The highest BCUT2D eigenvalue weighted by Crippen LogP contribution is 2.28. The van der Waals surface area contributed by atoms with E-state index in [-0.39, 0.29) is 11.9 Å². The lowest BCUT2D eigenvalue weighted by molar-refractivity contribution is -0.140. The molecule has 0 N–H and O–H groups in total. The van der Waals surface area contributed by atoms with Crippen molar-refractivity contribution in [3.63, 3.8) is 0 Å². The highest BCUT2D eigenvalue weighted by molar-refractivity contribution is 7.89. The van der Waals surface area contributed by atoms with Gasteiger partial charge in [0.15, 0.2) is 0 Å². The molecule has 2 aromatic rings. The molecule has 0 bridgehead atoms. The van der Waals surface area contributed by atoms with Crippen molar-refractivity contribution in [2.75, 3.05) is 13.1 Å². The number of carbonyl (C=O) groups excluding carboxylic acids is 1. The topological polar surface area (TPSA) is 63.7 Å². The Hall–Kier alpha value is -1.89. The fraction of sp³-hybridized carbons (Fsp3) is 0.381. The standard InChI is InChI=1S/C21H24ClNO4S/c1-14-4-6-19(13-15(14)2)28(25,26)23-10-8-17(9-11-23)21(24)27-20-7-5-18(22)12-16(20)3/h4-7,12-13,17H,8-11H2,1-3H3. The third-order valence-electron chi connectivity index (χ3n) is 5.25. The third-order valence-corrected chi connectivity index (χ3v) is 7.38. The molecule has 0 aliphatic carbocycles. The van der Waals surface area contributed by atoms with Crippen molar-refractivity contribution in [3.05, 3.63) is 58.1 Å². The van der Waals surface area contributed by atoms with Gasteiger partial charge in [-0.3, -0.25) is 4.79 Å². The first-order valence-electron chi connectivity index (χ1n) is 9.24. The summed E-state index contributed by atoms with van der Waals surface area (Å²) < 4.78 is 32.7. The molecule has 1 fully saturated rings. The zero-order valence-electron chi connectivity index (χ0n) is 16.2. The molecule has 0 saturated carbocycles. The van der Waals surface area contributed by atoms with Crippen molar-refractivity contribution >= 4 is 27.6 Å². The Morgan fingerprint density at radius 1 is 1.00 bits per heavy atom. The summed E-state index contributed by atoms with van der Waals surface area (Å²) in [6.45, 7) is 6.27. The molecule has 1 saturated heterocycles. The maximum atomic E-state index is 12.9. The van der Waals surface area contributed by atoms with Crippen LogP contribution in [0.3, 0.4) is 0 Å². The van der Waals surface area contributed by atoms with E-state index in [1.165, 1.54) is 4.31 Å². The molecule has 0 atom stereocenters. The van der Waals surface area contributed by atoms with Crippen molar-refractivity contribution in [2.24, 2.45) is 5.92 Å². The first kappa shape index (κ1) is 20.8. The molecule has 5 nitrogen and oxygen atoms in total. The van der Waals surface area contributed by atoms with E-state index in [9.17, 15) is 13.2 Å². The van der Waals surface area contributed by atoms with Crippen LogP contribution in [0.4, 0.5) is 0 Å². The molecule has 0 unspecified atom stereocenters. The Balaban J connectivity index is 1.64. The zero-order valence-corrected chi connectivity index (χ0v) is 17.8. The van der Waals surface area contributed by atoms with Crippen molar-refractivity contribution < 1.29 is 17.9 Å². The summed E-state index contributed by atoms with van der Waals surface area (Å²) in [5.74, 6) is -0.158. The van der Waals surface area contributed by atoms with Gasteiger partial charge in [0.25, 0.3) is 0 Å². The second-order valence-electron chi connectivity index (χ2n) is 7.26. The Morgan fingerprint density at radius 3 is 2.29 bits per heavy atom. The molecule has 0 spiro atoms. The molecule has 0 amide bonds. The van der Waals surface area contributed by atoms with Crippen LogP contribution in [0, 0.1) is 26.7 Å². The molecule has 3 rings (SSSR count). The molecule has 28 heavy (non-hydrogen) atoms. The number of nitrogens with zero attached hydrogens (tertiary/aromatic N) is 1. The smallest absolute Gasteiger partial charge is 0.314 e. The third kappa shape index (κ3) is 4.40. The monoisotopic (exact) mass is 421 g/mol. The lowest BCUT2D eigenvalue weighted by atomic mass is 9.98. The van der Waals surface area contributed by atoms with Crippen LogP contribution < -0.4 is 4.74 Å². The van der Waals surface area contributed by atoms with E-state index in [1.54, 1.807) is 30.3 Å². The first-order chi connectivity index (χ1) is 13.2. The van der Waals surface area contributed by atoms with Gasteiger partial charge >= 0.3 is 5.97 Å². The van der Waals surface area contributed by atoms with E-state index in [2.05, 4.69) is 0 Å². The number of benzene rings is 2. The molecule has 150 valence electrons. The van der Waals surface area contributed by atoms with Gasteiger partial charge < -0.3 is 4.74 Å². The quantitative estimate of drug-likeness (QED) is 0.546. The van der Waals surface area contributed by atoms with Gasteiger partial charge in [-0.15, -0.1) is 0 Å². The minimum absolute atomic E-state index is 0.299. The van der Waals surface area contributed by atoms with Crippen molar-refractivity contribution in [1.29, 1.82) is 0 Å². The van der Waals surface area contributed by atoms with Crippen LogP contribution in [-0.4, -0.2) is 31.8 Å². The summed E-state index contributed by atoms with van der Waals surface area (Å²) in [6.07, 6.45) is 0.880. The van der Waals surface area contributed by atoms with Crippen LogP contribution in [0.25, 0.3) is 0 Å². The first-order valence-corrected chi connectivity index (χ1v) is 11.1. The number of hydrogen-bond donors (Lipinski definition) is 0. The lowest BCUT2D eigenvalue weighted by Gasteiger charge is -2.30. The predicted molar refractivity (Wildman–Crippen MR) is 109 cm³/mol. The average Bonchev–Trinajstić information content (AvgIpc) is 2.66. The maximum Gasteiger partial charge on any atom is 0.314 e. The molecule has 1 aliphatic rings. The maximum absolute atomic E-state index is 12.9. The predicted octanol–water partition coefficient (Wildman–Crippen LogP) is 4.27. The second-order valence-corrected chi connectivity index (χ2v) is 9.63. The number of halogens is 1. The minimum atomic E-state index is -3.55. The molecule has 2 aromatic carbocycles. The van der Waals surface area contributed by atoms with E-state index in [0.717, 1.165) is 16.7 Å². The van der Waals surface area contributed by atoms with E-state index in [0.29, 0.717) is 41.6 Å². The average molecular weight is 422 g/mol. The normalized spacial score (nSPS) is 16.1. The molecule has 0 radical (unpaired) electrons. The fourth-order valence-electron chi connectivity index (χ4n) is 3.27. The Bertz CT molecular complexity index is 995. The number of hydrogen-bond acceptors (Lipinski definition) is 4. The zero-order chi connectivity index (χ0) is 20.5. The summed E-state index contributed by atoms with van der Waals surface area (Å²) in [7, 11) is -3.55. The van der Waals surface area contributed by atoms with Crippen LogP contribution in [0.15, 0.2) is 41.3 Å². The Kier molecular flexibility index (Phi) is 6.12. The summed E-state index contributed by atoms with van der Waals surface area (Å²) in [5.41, 5.74) is 2.78. The summed E-state index contributed by atoms with van der Waals surface area (Å²) >= 11 is 5.93. The Labute approximate surface area is 171 Å². The SMILES string of the molecule is Cc1ccc(S(=O)(=O)N2CCC(C(=O)Oc3ccc(Cl)cc3C)CC2)cc1C. The number of sulfonamides is 1. The largest absolute Gasteiger partial charge is 0.426 e. The van der Waals surface area contributed by atoms with Crippen molar-refractivity contribution in [3.8, 4) is 5.75 Å². The molecular formula is C21H24ClNO4S. The number of ether oxygens (including phenoxy) is 1. The highest BCUT2D eigenvalue weighted by atomic mass is 35.5. The highest BCUT2D eigenvalue weighted by Gasteiger charge is 2.33. The van der Waals surface area contributed by atoms with Crippen molar-refractivity contribution in [1.82, 2.24) is 4.31 Å². The van der Waals surface area contributed by atoms with E-state index < -0.39 is 10.0 Å². The molecule has 1 heterocycles. The van der Waals surface area contributed by atoms with Crippen LogP contribution >= 0.6 is 11.6 Å². The lowest BCUT2D eigenvalue weighted by Crippen LogP contribution is -2.41. The molecule has 7 heteroatoms. The number of piperidine rings is 1.